The van der Waals surface area contributed by atoms with E-state index in [1.54, 1.807) is 0 Å². The van der Waals surface area contributed by atoms with Crippen molar-refractivity contribution in [3.05, 3.63) is 88.7 Å². The molecule has 0 bridgehead atoms. The second-order valence-electron chi connectivity index (χ2n) is 13.5. The van der Waals surface area contributed by atoms with Gasteiger partial charge in [-0.05, 0) is 109 Å². The first-order chi connectivity index (χ1) is 19.6. The first-order valence-corrected chi connectivity index (χ1v) is 15.4. The number of aromatic nitrogens is 1. The van der Waals surface area contributed by atoms with E-state index in [0.717, 1.165) is 37.1 Å². The van der Waals surface area contributed by atoms with Crippen LogP contribution in [0, 0.1) is 17.3 Å². The molecule has 2 aromatic carbocycles. The number of carbonyl (C=O) groups is 1. The zero-order chi connectivity index (χ0) is 28.8. The third-order valence-electron chi connectivity index (χ3n) is 10.3. The summed E-state index contributed by atoms with van der Waals surface area (Å²) in [5.41, 5.74) is 4.15. The van der Waals surface area contributed by atoms with Gasteiger partial charge in [0.15, 0.2) is 0 Å². The Morgan fingerprint density at radius 2 is 1.88 bits per heavy atom. The van der Waals surface area contributed by atoms with Crippen molar-refractivity contribution in [3.8, 4) is 5.75 Å². The molecule has 2 saturated carbocycles. The fourth-order valence-corrected chi connectivity index (χ4v) is 7.97. The normalized spacial score (nSPS) is 28.6. The van der Waals surface area contributed by atoms with Gasteiger partial charge in [0.1, 0.15) is 11.3 Å². The maximum atomic E-state index is 12.7. The summed E-state index contributed by atoms with van der Waals surface area (Å²) in [5, 5.41) is 14.4. The molecule has 41 heavy (non-hydrogen) atoms. The van der Waals surface area contributed by atoms with E-state index in [-0.39, 0.29) is 5.41 Å². The number of nitrogens with zero attached hydrogens (tertiary/aromatic N) is 1. The van der Waals surface area contributed by atoms with Gasteiger partial charge in [-0.3, -0.25) is 4.98 Å². The number of carboxylic acid groups (broad SMARTS) is 1. The summed E-state index contributed by atoms with van der Waals surface area (Å²) in [6.07, 6.45) is 9.90. The van der Waals surface area contributed by atoms with Crippen LogP contribution in [0.15, 0.2) is 67.0 Å². The summed E-state index contributed by atoms with van der Waals surface area (Å²) in [5.74, 6) is 1.53. The van der Waals surface area contributed by atoms with Crippen molar-refractivity contribution in [1.82, 2.24) is 4.98 Å². The van der Waals surface area contributed by atoms with Gasteiger partial charge in [-0.25, -0.2) is 4.79 Å². The van der Waals surface area contributed by atoms with Crippen LogP contribution >= 0.6 is 11.6 Å². The average Bonchev–Trinajstić information content (AvgIpc) is 3.49. The van der Waals surface area contributed by atoms with E-state index in [9.17, 15) is 9.90 Å². The second-order valence-corrected chi connectivity index (χ2v) is 14.0. The molecule has 3 aliphatic rings. The quantitative estimate of drug-likeness (QED) is 0.270. The minimum absolute atomic E-state index is 0.0142. The molecule has 0 aliphatic heterocycles. The number of rotatable bonds is 9. The number of benzene rings is 2. The molecule has 2 N–H and O–H groups in total. The van der Waals surface area contributed by atoms with Gasteiger partial charge in [-0.2, -0.15) is 0 Å². The fourth-order valence-electron chi connectivity index (χ4n) is 7.78. The summed E-state index contributed by atoms with van der Waals surface area (Å²) >= 11 is 6.21. The van der Waals surface area contributed by atoms with Crippen LogP contribution in [0.2, 0.25) is 5.02 Å². The van der Waals surface area contributed by atoms with Crippen LogP contribution in [0.1, 0.15) is 81.9 Å². The number of hydrogen-bond acceptors (Lipinski definition) is 4. The van der Waals surface area contributed by atoms with Gasteiger partial charge < -0.3 is 15.2 Å². The van der Waals surface area contributed by atoms with Crippen molar-refractivity contribution in [1.29, 1.82) is 0 Å². The summed E-state index contributed by atoms with van der Waals surface area (Å²) < 4.78 is 6.46. The van der Waals surface area contributed by atoms with E-state index in [0.29, 0.717) is 47.6 Å². The van der Waals surface area contributed by atoms with Crippen molar-refractivity contribution in [2.75, 3.05) is 11.9 Å². The number of halogens is 1. The Morgan fingerprint density at radius 3 is 2.59 bits per heavy atom. The predicted octanol–water partition coefficient (Wildman–Crippen LogP) is 8.27. The van der Waals surface area contributed by atoms with E-state index in [1.165, 1.54) is 23.1 Å². The molecule has 0 radical (unpaired) electrons. The predicted molar refractivity (Wildman–Crippen MR) is 164 cm³/mol. The Hall–Kier alpha value is -3.05. The molecule has 216 valence electrons. The zero-order valence-electron chi connectivity index (χ0n) is 24.3. The van der Waals surface area contributed by atoms with E-state index in [4.69, 9.17) is 16.3 Å². The average molecular weight is 573 g/mol. The van der Waals surface area contributed by atoms with Crippen LogP contribution < -0.4 is 10.1 Å². The van der Waals surface area contributed by atoms with E-state index in [1.807, 2.05) is 42.7 Å². The zero-order valence-corrected chi connectivity index (χ0v) is 25.1. The minimum Gasteiger partial charge on any atom is -0.493 e. The maximum absolute atomic E-state index is 12.7. The summed E-state index contributed by atoms with van der Waals surface area (Å²) in [6.45, 7) is 7.58. The third-order valence-corrected chi connectivity index (χ3v) is 10.6. The SMILES string of the molecule is C[C@@H](COc1ccncc1C1CC1(C)C)CC1Cc2ccccc2C12CCC(Nc1cccc(Cl)c1)(C(=O)O)CC2. The van der Waals surface area contributed by atoms with Crippen molar-refractivity contribution in [2.24, 2.45) is 17.3 Å². The molecule has 1 aromatic heterocycles. The molecule has 3 aromatic rings. The van der Waals surface area contributed by atoms with Gasteiger partial charge in [0.05, 0.1) is 6.61 Å². The number of hydrogen-bond donors (Lipinski definition) is 2. The number of anilines is 1. The Labute approximate surface area is 248 Å². The van der Waals surface area contributed by atoms with Crippen LogP contribution in [-0.4, -0.2) is 28.2 Å². The van der Waals surface area contributed by atoms with Crippen LogP contribution in [0.25, 0.3) is 0 Å². The molecule has 2 fully saturated rings. The fraction of sp³-hybridized carbons (Fsp3) is 0.486. The van der Waals surface area contributed by atoms with Gasteiger partial charge in [0, 0.05) is 28.7 Å². The highest BCUT2D eigenvalue weighted by Crippen LogP contribution is 2.60. The third kappa shape index (κ3) is 5.34. The number of ether oxygens (including phenoxy) is 1. The van der Waals surface area contributed by atoms with Crippen LogP contribution in [0.5, 0.6) is 5.75 Å². The molecule has 3 atom stereocenters. The first-order valence-electron chi connectivity index (χ1n) is 15.0. The van der Waals surface area contributed by atoms with Crippen LogP contribution in [0.3, 0.4) is 0 Å². The Morgan fingerprint density at radius 1 is 1.12 bits per heavy atom. The molecule has 6 heteroatoms. The smallest absolute Gasteiger partial charge is 0.329 e. The molecule has 1 spiro atoms. The topological polar surface area (TPSA) is 71.5 Å². The van der Waals surface area contributed by atoms with Gasteiger partial charge >= 0.3 is 5.97 Å². The molecule has 0 saturated heterocycles. The van der Waals surface area contributed by atoms with Crippen molar-refractivity contribution in [2.45, 2.75) is 82.6 Å². The molecular weight excluding hydrogens is 532 g/mol. The molecule has 1 heterocycles. The Kier molecular flexibility index (Phi) is 7.30. The maximum Gasteiger partial charge on any atom is 0.329 e. The van der Waals surface area contributed by atoms with Crippen LogP contribution in [0.4, 0.5) is 5.69 Å². The molecule has 6 rings (SSSR count). The lowest BCUT2D eigenvalue weighted by Crippen LogP contribution is -2.53. The Balaban J connectivity index is 1.18. The lowest BCUT2D eigenvalue weighted by molar-refractivity contribution is -0.144. The van der Waals surface area contributed by atoms with Crippen molar-refractivity contribution < 1.29 is 14.6 Å². The van der Waals surface area contributed by atoms with Gasteiger partial charge in [0.2, 0.25) is 0 Å². The van der Waals surface area contributed by atoms with Gasteiger partial charge in [-0.15, -0.1) is 0 Å². The molecule has 5 nitrogen and oxygen atoms in total. The largest absolute Gasteiger partial charge is 0.493 e. The second kappa shape index (κ2) is 10.7. The Bertz CT molecular complexity index is 1430. The number of aliphatic carboxylic acids is 1. The van der Waals surface area contributed by atoms with E-state index < -0.39 is 11.5 Å². The highest BCUT2D eigenvalue weighted by atomic mass is 35.5. The number of fused-ring (bicyclic) bond motifs is 2. The van der Waals surface area contributed by atoms with Gasteiger partial charge in [0.25, 0.3) is 0 Å². The minimum atomic E-state index is -0.999. The molecule has 2 unspecified atom stereocenters. The lowest BCUT2D eigenvalue weighted by atomic mass is 9.59. The highest BCUT2D eigenvalue weighted by molar-refractivity contribution is 6.30. The van der Waals surface area contributed by atoms with Crippen LogP contribution in [-0.2, 0) is 16.6 Å². The molecule has 0 amide bonds. The standard InChI is InChI=1S/C35H41ClN2O3/c1-23(22-41-31-11-16-37-21-28(31)30-20-33(30,2)3)17-25-18-24-7-4-5-10-29(24)34(25)12-14-35(15-13-34,32(39)40)38-27-9-6-8-26(36)19-27/h4-11,16,19,21,23,25,30,38H,12-15,17-18,20,22H2,1-3H3,(H,39,40)/t23-,25?,30?,34?,35?/m1/s1. The molecular formula is C35H41ClN2O3. The monoisotopic (exact) mass is 572 g/mol. The number of pyridine rings is 1. The van der Waals surface area contributed by atoms with E-state index in [2.05, 4.69) is 55.3 Å². The molecule has 3 aliphatic carbocycles. The highest BCUT2D eigenvalue weighted by Gasteiger charge is 2.54. The number of nitrogens with one attached hydrogen (secondary N) is 1. The lowest BCUT2D eigenvalue weighted by Gasteiger charge is -2.47. The summed E-state index contributed by atoms with van der Waals surface area (Å²) in [4.78, 5) is 17.1. The summed E-state index contributed by atoms with van der Waals surface area (Å²) in [6, 6.07) is 18.2. The number of carboxylic acids is 1. The first kappa shape index (κ1) is 28.1. The van der Waals surface area contributed by atoms with Crippen molar-refractivity contribution >= 4 is 23.3 Å². The van der Waals surface area contributed by atoms with Crippen molar-refractivity contribution in [3.63, 3.8) is 0 Å². The van der Waals surface area contributed by atoms with E-state index >= 15 is 0 Å². The van der Waals surface area contributed by atoms with Gasteiger partial charge in [-0.1, -0.05) is 62.7 Å². The summed E-state index contributed by atoms with van der Waals surface area (Å²) in [7, 11) is 0.